The van der Waals surface area contributed by atoms with Gasteiger partial charge in [0.15, 0.2) is 0 Å². The van der Waals surface area contributed by atoms with E-state index < -0.39 is 11.2 Å². The van der Waals surface area contributed by atoms with Crippen LogP contribution in [0.2, 0.25) is 0 Å². The molecule has 0 saturated heterocycles. The molecule has 5 fully saturated rings. The van der Waals surface area contributed by atoms with E-state index in [2.05, 4.69) is 27.7 Å². The van der Waals surface area contributed by atoms with Gasteiger partial charge in [-0.1, -0.05) is 20.8 Å². The summed E-state index contributed by atoms with van der Waals surface area (Å²) in [5.41, 5.74) is 0.0801. The predicted octanol–water partition coefficient (Wildman–Crippen LogP) is 7.13. The molecule has 0 heterocycles. The van der Waals surface area contributed by atoms with E-state index in [9.17, 15) is 10.2 Å². The van der Waals surface area contributed by atoms with Crippen LogP contribution < -0.4 is 0 Å². The molecule has 0 aromatic heterocycles. The summed E-state index contributed by atoms with van der Waals surface area (Å²) in [5, 5.41) is 22.0. The minimum Gasteiger partial charge on any atom is -0.390 e. The molecule has 0 amide bonds. The molecule has 5 saturated carbocycles. The Morgan fingerprint density at radius 1 is 0.794 bits per heavy atom. The smallest absolute Gasteiger partial charge is 0.0649 e. The Morgan fingerprint density at radius 3 is 2.21 bits per heavy atom. The molecular formula is C31H54O3. The number of hydrogen-bond acceptors (Lipinski definition) is 3. The highest BCUT2D eigenvalue weighted by atomic mass is 16.5. The lowest BCUT2D eigenvalue weighted by Crippen LogP contribution is -2.55. The van der Waals surface area contributed by atoms with Gasteiger partial charge in [-0.05, 0) is 150 Å². The maximum absolute atomic E-state index is 11.2. The highest BCUT2D eigenvalue weighted by Crippen LogP contribution is 2.69. The van der Waals surface area contributed by atoms with Gasteiger partial charge in [-0.25, -0.2) is 0 Å². The third-order valence-electron chi connectivity index (χ3n) is 13.0. The topological polar surface area (TPSA) is 49.7 Å². The summed E-state index contributed by atoms with van der Waals surface area (Å²) in [5.74, 6) is 4.97. The van der Waals surface area contributed by atoms with Crippen molar-refractivity contribution in [3.63, 3.8) is 0 Å². The fraction of sp³-hybridized carbons (Fsp3) is 1.00. The maximum atomic E-state index is 11.2. The molecule has 196 valence electrons. The van der Waals surface area contributed by atoms with Crippen LogP contribution in [0.3, 0.4) is 0 Å². The molecule has 3 heteroatoms. The third kappa shape index (κ3) is 4.32. The standard InChI is InChI=1S/C31H54O3/c1-21(10-15-31(33)16-11-23(34-5)12-17-31)25-8-9-26-24-7-6-22-20-28(2,32)18-19-29(22,3)27(24)13-14-30(25,26)4/h21-27,32-33H,6-20H2,1-5H3/t21-,22+,23?,24+,25-,26+,27+,28+,29+,30-,31?/m1/s1. The molecule has 5 aliphatic carbocycles. The average molecular weight is 475 g/mol. The molecule has 0 radical (unpaired) electrons. The zero-order valence-corrected chi connectivity index (χ0v) is 23.0. The minimum absolute atomic E-state index is 0.356. The van der Waals surface area contributed by atoms with E-state index in [1.165, 1.54) is 51.4 Å². The molecule has 5 rings (SSSR count). The molecule has 0 aliphatic heterocycles. The molecule has 0 bridgehead atoms. The van der Waals surface area contributed by atoms with Crippen LogP contribution in [0.4, 0.5) is 0 Å². The van der Waals surface area contributed by atoms with Crippen LogP contribution in [-0.4, -0.2) is 34.6 Å². The molecule has 0 aromatic rings. The normalized spacial score (nSPS) is 54.1. The van der Waals surface area contributed by atoms with Gasteiger partial charge in [0.2, 0.25) is 0 Å². The first-order chi connectivity index (χ1) is 16.0. The molecule has 2 N–H and O–H groups in total. The van der Waals surface area contributed by atoms with Crippen molar-refractivity contribution in [2.24, 2.45) is 46.3 Å². The van der Waals surface area contributed by atoms with Gasteiger partial charge in [0.05, 0.1) is 17.3 Å². The highest BCUT2D eigenvalue weighted by molar-refractivity contribution is 5.10. The fourth-order valence-corrected chi connectivity index (χ4v) is 10.7. The van der Waals surface area contributed by atoms with Crippen molar-refractivity contribution in [1.29, 1.82) is 0 Å². The lowest BCUT2D eigenvalue weighted by Gasteiger charge is -2.62. The van der Waals surface area contributed by atoms with Crippen LogP contribution in [0.25, 0.3) is 0 Å². The van der Waals surface area contributed by atoms with Crippen molar-refractivity contribution in [2.45, 2.75) is 141 Å². The third-order valence-corrected chi connectivity index (χ3v) is 13.0. The zero-order chi connectivity index (χ0) is 24.4. The van der Waals surface area contributed by atoms with Gasteiger partial charge in [-0.2, -0.15) is 0 Å². The van der Waals surface area contributed by atoms with Crippen LogP contribution in [0.15, 0.2) is 0 Å². The first-order valence-corrected chi connectivity index (χ1v) is 15.0. The Balaban J connectivity index is 1.23. The molecule has 5 aliphatic rings. The first-order valence-electron chi connectivity index (χ1n) is 15.0. The quantitative estimate of drug-likeness (QED) is 0.445. The SMILES string of the molecule is COC1CCC(O)(CC[C@@H](C)[C@H]2CC[C@H]3[C@@H]4CC[C@H]5C[C@@](C)(O)CC[C@]5(C)[C@H]4CC[C@]23C)CC1. The number of fused-ring (bicyclic) bond motifs is 5. The fourth-order valence-electron chi connectivity index (χ4n) is 10.7. The summed E-state index contributed by atoms with van der Waals surface area (Å²) in [6.45, 7) is 9.87. The first kappa shape index (κ1) is 25.5. The second-order valence-corrected chi connectivity index (χ2v) is 14.8. The monoisotopic (exact) mass is 474 g/mol. The van der Waals surface area contributed by atoms with Gasteiger partial charge < -0.3 is 14.9 Å². The molecular weight excluding hydrogens is 420 g/mol. The Hall–Kier alpha value is -0.120. The lowest BCUT2D eigenvalue weighted by atomic mass is 9.43. The minimum atomic E-state index is -0.449. The molecule has 0 spiro atoms. The molecule has 9 atom stereocenters. The molecule has 0 unspecified atom stereocenters. The summed E-state index contributed by atoms with van der Waals surface area (Å²) >= 11 is 0. The van der Waals surface area contributed by atoms with Gasteiger partial charge in [-0.15, -0.1) is 0 Å². The second-order valence-electron chi connectivity index (χ2n) is 14.8. The lowest BCUT2D eigenvalue weighted by molar-refractivity contribution is -0.148. The average Bonchev–Trinajstić information content (AvgIpc) is 3.16. The highest BCUT2D eigenvalue weighted by Gasteiger charge is 2.61. The summed E-state index contributed by atoms with van der Waals surface area (Å²) in [4.78, 5) is 0. The van der Waals surface area contributed by atoms with E-state index in [4.69, 9.17) is 4.74 Å². The van der Waals surface area contributed by atoms with Gasteiger partial charge in [0.25, 0.3) is 0 Å². The Labute approximate surface area is 209 Å². The van der Waals surface area contributed by atoms with E-state index in [-0.39, 0.29) is 0 Å². The van der Waals surface area contributed by atoms with Crippen LogP contribution in [0, 0.1) is 46.3 Å². The van der Waals surface area contributed by atoms with Crippen molar-refractivity contribution in [2.75, 3.05) is 7.11 Å². The van der Waals surface area contributed by atoms with Crippen molar-refractivity contribution in [3.05, 3.63) is 0 Å². The Bertz CT molecular complexity index is 724. The van der Waals surface area contributed by atoms with E-state index >= 15 is 0 Å². The molecule has 34 heavy (non-hydrogen) atoms. The Kier molecular flexibility index (Phi) is 6.77. The zero-order valence-electron chi connectivity index (χ0n) is 23.0. The van der Waals surface area contributed by atoms with Crippen LogP contribution in [-0.2, 0) is 4.74 Å². The van der Waals surface area contributed by atoms with Crippen molar-refractivity contribution in [3.8, 4) is 0 Å². The number of hydrogen-bond donors (Lipinski definition) is 2. The van der Waals surface area contributed by atoms with Crippen molar-refractivity contribution in [1.82, 2.24) is 0 Å². The van der Waals surface area contributed by atoms with Gasteiger partial charge in [0, 0.05) is 7.11 Å². The summed E-state index contributed by atoms with van der Waals surface area (Å²) in [6.07, 6.45) is 18.1. The molecule has 0 aromatic carbocycles. The van der Waals surface area contributed by atoms with Crippen LogP contribution in [0.5, 0.6) is 0 Å². The van der Waals surface area contributed by atoms with E-state index in [0.717, 1.165) is 74.5 Å². The van der Waals surface area contributed by atoms with Crippen LogP contribution >= 0.6 is 0 Å². The summed E-state index contributed by atoms with van der Waals surface area (Å²) in [7, 11) is 1.81. The van der Waals surface area contributed by atoms with Gasteiger partial charge in [-0.3, -0.25) is 0 Å². The predicted molar refractivity (Wildman–Crippen MR) is 138 cm³/mol. The van der Waals surface area contributed by atoms with Gasteiger partial charge >= 0.3 is 0 Å². The largest absolute Gasteiger partial charge is 0.390 e. The van der Waals surface area contributed by atoms with Gasteiger partial charge in [0.1, 0.15) is 0 Å². The van der Waals surface area contributed by atoms with E-state index in [1.54, 1.807) is 0 Å². The summed E-state index contributed by atoms with van der Waals surface area (Å²) < 4.78 is 5.53. The number of rotatable bonds is 5. The van der Waals surface area contributed by atoms with E-state index in [0.29, 0.717) is 22.9 Å². The van der Waals surface area contributed by atoms with Crippen LogP contribution in [0.1, 0.15) is 124 Å². The van der Waals surface area contributed by atoms with Crippen molar-refractivity contribution < 1.29 is 14.9 Å². The van der Waals surface area contributed by atoms with E-state index in [1.807, 2.05) is 7.11 Å². The number of aliphatic hydroxyl groups is 2. The number of methoxy groups -OCH3 is 1. The number of ether oxygens (including phenoxy) is 1. The summed E-state index contributed by atoms with van der Waals surface area (Å²) in [6, 6.07) is 0. The Morgan fingerprint density at radius 2 is 1.50 bits per heavy atom. The maximum Gasteiger partial charge on any atom is 0.0649 e. The molecule has 3 nitrogen and oxygen atoms in total. The second kappa shape index (κ2) is 9.02. The van der Waals surface area contributed by atoms with Crippen molar-refractivity contribution >= 4 is 0 Å².